The van der Waals surface area contributed by atoms with Crippen LogP contribution in [0.1, 0.15) is 0 Å². The van der Waals surface area contributed by atoms with Crippen LogP contribution in [0.4, 0.5) is 0 Å². The lowest BCUT2D eigenvalue weighted by atomic mass is 9.48. The molecule has 7 fully saturated rings. The largest absolute Gasteiger partial charge is 0.291 e. The Labute approximate surface area is 93.1 Å². The predicted octanol–water partition coefficient (Wildman–Crippen LogP) is 0.924. The molecule has 2 heteroatoms. The number of rotatable bonds is 0. The molecule has 0 amide bonds. The number of allylic oxidation sites excluding steroid dienone is 2. The Kier molecular flexibility index (Phi) is 0.812. The maximum absolute atomic E-state index is 12.1. The van der Waals surface area contributed by atoms with E-state index in [1.165, 1.54) is 0 Å². The summed E-state index contributed by atoms with van der Waals surface area (Å²) in [4.78, 5) is 24.2. The van der Waals surface area contributed by atoms with Crippen molar-refractivity contribution in [1.29, 1.82) is 0 Å². The van der Waals surface area contributed by atoms with Crippen molar-refractivity contribution in [2.24, 2.45) is 59.2 Å². The van der Waals surface area contributed by atoms with E-state index >= 15 is 0 Å². The Hall–Kier alpha value is -0.920. The second-order valence-corrected chi connectivity index (χ2v) is 6.78. The van der Waals surface area contributed by atoms with E-state index in [0.29, 0.717) is 35.5 Å². The summed E-state index contributed by atoms with van der Waals surface area (Å²) >= 11 is 0. The molecule has 0 spiro atoms. The van der Waals surface area contributed by atoms with Crippen molar-refractivity contribution in [3.05, 3.63) is 12.2 Å². The normalized spacial score (nSPS) is 74.2. The van der Waals surface area contributed by atoms with Gasteiger partial charge in [-0.15, -0.1) is 0 Å². The van der Waals surface area contributed by atoms with Gasteiger partial charge in [0.1, 0.15) is 0 Å². The molecule has 0 radical (unpaired) electrons. The van der Waals surface area contributed by atoms with Crippen LogP contribution in [0.15, 0.2) is 12.2 Å². The van der Waals surface area contributed by atoms with Gasteiger partial charge in [-0.1, -0.05) is 12.2 Å². The van der Waals surface area contributed by atoms with Gasteiger partial charge in [-0.25, -0.2) is 0 Å². The standard InChI is InChI=1S/C14H12O2/c15-13-11-7-3-1-2-4-6-5(3)9(11)10(6)12(8(4)7)14(13)16/h1-12H/t3-,4+,5-,6+,7+,8-,9-,10-,11-,12+/m1/s1. The zero-order valence-electron chi connectivity index (χ0n) is 8.74. The van der Waals surface area contributed by atoms with Gasteiger partial charge in [0, 0.05) is 11.8 Å². The smallest absolute Gasteiger partial charge is 0.202 e. The van der Waals surface area contributed by atoms with Crippen molar-refractivity contribution in [1.82, 2.24) is 0 Å². The molecular weight excluding hydrogens is 200 g/mol. The third-order valence-corrected chi connectivity index (χ3v) is 7.06. The number of Topliss-reactive ketones (excluding diaryl/α,β-unsaturated/α-hetero) is 2. The number of carbonyl (C=O) groups excluding carboxylic acids is 2. The third kappa shape index (κ3) is 0.412. The van der Waals surface area contributed by atoms with Gasteiger partial charge in [0.05, 0.1) is 0 Å². The van der Waals surface area contributed by atoms with Crippen LogP contribution in [0.5, 0.6) is 0 Å². The molecule has 0 aromatic heterocycles. The summed E-state index contributed by atoms with van der Waals surface area (Å²) in [5, 5.41) is 0. The monoisotopic (exact) mass is 212 g/mol. The van der Waals surface area contributed by atoms with Crippen LogP contribution in [-0.2, 0) is 9.59 Å². The molecule has 0 aromatic carbocycles. The minimum absolute atomic E-state index is 0.0226. The van der Waals surface area contributed by atoms with Gasteiger partial charge in [0.2, 0.25) is 11.6 Å². The molecule has 16 heavy (non-hydrogen) atoms. The Morgan fingerprint density at radius 1 is 0.625 bits per heavy atom. The molecule has 0 unspecified atom stereocenters. The molecule has 80 valence electrons. The summed E-state index contributed by atoms with van der Waals surface area (Å²) in [6.07, 6.45) is 4.78. The van der Waals surface area contributed by atoms with E-state index in [9.17, 15) is 9.59 Å². The van der Waals surface area contributed by atoms with Crippen molar-refractivity contribution in [3.63, 3.8) is 0 Å². The quantitative estimate of drug-likeness (QED) is 0.442. The Morgan fingerprint density at radius 3 is 1.50 bits per heavy atom. The van der Waals surface area contributed by atoms with Gasteiger partial charge < -0.3 is 0 Å². The van der Waals surface area contributed by atoms with Crippen LogP contribution in [0.25, 0.3) is 0 Å². The average molecular weight is 212 g/mol. The number of carbonyl (C=O) groups is 2. The fourth-order valence-electron chi connectivity index (χ4n) is 7.16. The molecule has 9 rings (SSSR count). The highest BCUT2D eigenvalue weighted by Gasteiger charge is 2.84. The van der Waals surface area contributed by atoms with E-state index in [1.54, 1.807) is 0 Å². The molecule has 0 aromatic rings. The van der Waals surface area contributed by atoms with Crippen molar-refractivity contribution in [3.8, 4) is 0 Å². The minimum atomic E-state index is 0.0226. The Bertz CT molecular complexity index is 473. The Morgan fingerprint density at radius 2 is 1.06 bits per heavy atom. The summed E-state index contributed by atoms with van der Waals surface area (Å²) in [5.41, 5.74) is 0. The lowest BCUT2D eigenvalue weighted by molar-refractivity contribution is -0.162. The SMILES string of the molecule is O=C1C(=O)[C@H]2[C@@H]3[C@@H]4[C@H]5C=C[C@H]6[C@@H]4[C@H]3[C@@H]1[C@H]6[C@H]52. The van der Waals surface area contributed by atoms with Crippen LogP contribution in [-0.4, -0.2) is 11.6 Å². The molecule has 0 heterocycles. The van der Waals surface area contributed by atoms with E-state index in [1.807, 2.05) is 0 Å². The zero-order valence-corrected chi connectivity index (χ0v) is 8.74. The van der Waals surface area contributed by atoms with Gasteiger partial charge in [0.15, 0.2) is 0 Å². The number of fused-ring (bicyclic) bond motifs is 1. The lowest BCUT2D eigenvalue weighted by Crippen LogP contribution is -2.58. The maximum Gasteiger partial charge on any atom is 0.202 e. The molecule has 0 saturated heterocycles. The van der Waals surface area contributed by atoms with Gasteiger partial charge >= 0.3 is 0 Å². The van der Waals surface area contributed by atoms with Crippen LogP contribution in [0, 0.1) is 59.2 Å². The third-order valence-electron chi connectivity index (χ3n) is 7.06. The first-order chi connectivity index (χ1) is 7.80. The summed E-state index contributed by atoms with van der Waals surface area (Å²) in [5.74, 6) is 5.72. The number of ketones is 2. The maximum atomic E-state index is 12.1. The molecule has 9 aliphatic rings. The first-order valence-corrected chi connectivity index (χ1v) is 6.57. The molecular formula is C14H12O2. The highest BCUT2D eigenvalue weighted by Crippen LogP contribution is 2.83. The molecule has 9 aliphatic carbocycles. The van der Waals surface area contributed by atoms with Gasteiger partial charge in [0.25, 0.3) is 0 Å². The second-order valence-electron chi connectivity index (χ2n) is 6.78. The fraction of sp³-hybridized carbons (Fsp3) is 0.714. The summed E-state index contributed by atoms with van der Waals surface area (Å²) in [6, 6.07) is 0. The number of hydrogen-bond acceptors (Lipinski definition) is 2. The topological polar surface area (TPSA) is 34.1 Å². The summed E-state index contributed by atoms with van der Waals surface area (Å²) in [7, 11) is 0. The van der Waals surface area contributed by atoms with E-state index in [-0.39, 0.29) is 23.4 Å². The van der Waals surface area contributed by atoms with Crippen molar-refractivity contribution in [2.45, 2.75) is 0 Å². The lowest BCUT2D eigenvalue weighted by Gasteiger charge is -2.54. The fourth-order valence-corrected chi connectivity index (χ4v) is 7.16. The van der Waals surface area contributed by atoms with Crippen LogP contribution in [0.3, 0.4) is 0 Å². The van der Waals surface area contributed by atoms with E-state index in [0.717, 1.165) is 11.8 Å². The van der Waals surface area contributed by atoms with E-state index < -0.39 is 0 Å². The van der Waals surface area contributed by atoms with Gasteiger partial charge in [-0.05, 0) is 47.3 Å². The molecule has 10 atom stereocenters. The minimum Gasteiger partial charge on any atom is -0.291 e. The molecule has 10 bridgehead atoms. The highest BCUT2D eigenvalue weighted by molar-refractivity contribution is 6.40. The summed E-state index contributed by atoms with van der Waals surface area (Å²) < 4.78 is 0. The van der Waals surface area contributed by atoms with E-state index in [4.69, 9.17) is 0 Å². The average Bonchev–Trinajstić information content (AvgIpc) is 2.61. The van der Waals surface area contributed by atoms with Gasteiger partial charge in [-0.3, -0.25) is 9.59 Å². The first-order valence-electron chi connectivity index (χ1n) is 6.57. The molecule has 0 aliphatic heterocycles. The van der Waals surface area contributed by atoms with Crippen molar-refractivity contribution >= 4 is 11.6 Å². The molecule has 0 N–H and O–H groups in total. The summed E-state index contributed by atoms with van der Waals surface area (Å²) in [6.45, 7) is 0. The highest BCUT2D eigenvalue weighted by atomic mass is 16.2. The number of hydrogen-bond donors (Lipinski definition) is 0. The van der Waals surface area contributed by atoms with Crippen LogP contribution < -0.4 is 0 Å². The van der Waals surface area contributed by atoms with Crippen molar-refractivity contribution < 1.29 is 9.59 Å². The predicted molar refractivity (Wildman–Crippen MR) is 54.1 cm³/mol. The van der Waals surface area contributed by atoms with Crippen molar-refractivity contribution in [2.75, 3.05) is 0 Å². The molecule has 7 saturated carbocycles. The second kappa shape index (κ2) is 1.75. The zero-order chi connectivity index (χ0) is 10.3. The molecule has 2 nitrogen and oxygen atoms in total. The van der Waals surface area contributed by atoms with E-state index in [2.05, 4.69) is 12.2 Å². The van der Waals surface area contributed by atoms with Crippen LogP contribution in [0.2, 0.25) is 0 Å². The van der Waals surface area contributed by atoms with Gasteiger partial charge in [-0.2, -0.15) is 0 Å². The Balaban J connectivity index is 1.75. The van der Waals surface area contributed by atoms with Crippen LogP contribution >= 0.6 is 0 Å². The first kappa shape index (κ1) is 7.41.